The molecule has 0 spiro atoms. The molecule has 0 N–H and O–H groups in total. The lowest BCUT2D eigenvalue weighted by Crippen LogP contribution is -2.36. The maximum absolute atomic E-state index is 6.89. The van der Waals surface area contributed by atoms with E-state index in [0.29, 0.717) is 0 Å². The number of rotatable bonds is 9. The Hall–Kier alpha value is -5.20. The average Bonchev–Trinajstić information content (AvgIpc) is 3.11. The third kappa shape index (κ3) is 5.14. The van der Waals surface area contributed by atoms with Gasteiger partial charge in [-0.25, -0.2) is 0 Å². The second-order valence-electron chi connectivity index (χ2n) is 10.2. The maximum atomic E-state index is 6.89. The first-order chi connectivity index (χ1) is 21.6. The number of benzene rings is 3. The van der Waals surface area contributed by atoms with Gasteiger partial charge in [0.15, 0.2) is 0 Å². The fraction of sp³-hybridized carbons (Fsp3) is 0.132. The second kappa shape index (κ2) is 12.6. The van der Waals surface area contributed by atoms with Crippen LogP contribution in [-0.2, 0) is 10.3 Å². The van der Waals surface area contributed by atoms with Gasteiger partial charge >= 0.3 is 0 Å². The van der Waals surface area contributed by atoms with Crippen molar-refractivity contribution in [1.29, 1.82) is 0 Å². The first-order valence-electron chi connectivity index (χ1n) is 14.3. The molecule has 1 radical (unpaired) electrons. The van der Waals surface area contributed by atoms with Crippen molar-refractivity contribution in [3.63, 3.8) is 0 Å². The largest absolute Gasteiger partial charge is 0.497 e. The third-order valence-corrected chi connectivity index (χ3v) is 8.00. The summed E-state index contributed by atoms with van der Waals surface area (Å²) in [7, 11) is 6.77. The van der Waals surface area contributed by atoms with Gasteiger partial charge in [-0.1, -0.05) is 48.5 Å². The molecule has 0 saturated heterocycles. The highest BCUT2D eigenvalue weighted by Crippen LogP contribution is 2.58. The Balaban J connectivity index is 1.77. The zero-order valence-corrected chi connectivity index (χ0v) is 25.2. The van der Waals surface area contributed by atoms with Crippen molar-refractivity contribution >= 4 is 22.3 Å². The van der Waals surface area contributed by atoms with Gasteiger partial charge in [0, 0.05) is 43.3 Å². The molecule has 0 aliphatic heterocycles. The normalized spacial score (nSPS) is 16.5. The Kier molecular flexibility index (Phi) is 8.26. The summed E-state index contributed by atoms with van der Waals surface area (Å²) in [6.07, 6.45) is 7.70. The lowest BCUT2D eigenvalue weighted by Gasteiger charge is -2.44. The lowest BCUT2D eigenvalue weighted by molar-refractivity contribution is 0.0905. The summed E-state index contributed by atoms with van der Waals surface area (Å²) < 4.78 is 23.5. The van der Waals surface area contributed by atoms with Crippen molar-refractivity contribution < 1.29 is 18.9 Å². The average molecular weight is 582 g/mol. The van der Waals surface area contributed by atoms with E-state index >= 15 is 0 Å². The Labute approximate surface area is 258 Å². The van der Waals surface area contributed by atoms with Gasteiger partial charge < -0.3 is 18.9 Å². The molecule has 44 heavy (non-hydrogen) atoms. The van der Waals surface area contributed by atoms with E-state index in [0.717, 1.165) is 67.5 Å². The molecule has 0 saturated carbocycles. The number of aromatic nitrogens is 2. The summed E-state index contributed by atoms with van der Waals surface area (Å²) in [5.74, 6) is 2.30. The van der Waals surface area contributed by atoms with Crippen molar-refractivity contribution in [3.05, 3.63) is 156 Å². The van der Waals surface area contributed by atoms with Gasteiger partial charge in [-0.15, -0.1) is 0 Å². The van der Waals surface area contributed by atoms with Crippen LogP contribution in [0.1, 0.15) is 27.9 Å². The van der Waals surface area contributed by atoms with E-state index < -0.39 is 5.60 Å². The fourth-order valence-corrected chi connectivity index (χ4v) is 5.94. The minimum Gasteiger partial charge on any atom is -0.497 e. The monoisotopic (exact) mass is 581 g/mol. The fourth-order valence-electron chi connectivity index (χ4n) is 5.94. The Morgan fingerprint density at radius 1 is 0.523 bits per heavy atom. The van der Waals surface area contributed by atoms with Crippen LogP contribution in [0.25, 0.3) is 22.3 Å². The molecular weight excluding hydrogens is 548 g/mol. The van der Waals surface area contributed by atoms with E-state index in [2.05, 4.69) is 53.9 Å². The van der Waals surface area contributed by atoms with Crippen molar-refractivity contribution in [2.24, 2.45) is 0 Å². The van der Waals surface area contributed by atoms with Crippen LogP contribution in [0.5, 0.6) is 17.2 Å². The van der Waals surface area contributed by atoms with Gasteiger partial charge in [-0.2, -0.15) is 0 Å². The molecule has 2 aromatic heterocycles. The molecule has 5 aromatic rings. The van der Waals surface area contributed by atoms with Crippen molar-refractivity contribution in [2.45, 2.75) is 5.60 Å². The minimum absolute atomic E-state index is 0.754. The predicted molar refractivity (Wildman–Crippen MR) is 174 cm³/mol. The molecule has 219 valence electrons. The number of hydrogen-bond donors (Lipinski definition) is 0. The SMILES string of the molecule is COc1ccc(C2=C(c3cccnc3)C(OC)(c3ccc(OC)cc3)C(c3ccc(OC)cc3)=C(c3ccccn3)[CH]2)cc1. The second-order valence-corrected chi connectivity index (χ2v) is 10.2. The number of allylic oxidation sites excluding steroid dienone is 2. The van der Waals surface area contributed by atoms with E-state index in [9.17, 15) is 0 Å². The van der Waals surface area contributed by atoms with Gasteiger partial charge in [0.25, 0.3) is 0 Å². The quantitative estimate of drug-likeness (QED) is 0.177. The van der Waals surface area contributed by atoms with Crippen molar-refractivity contribution in [2.75, 3.05) is 28.4 Å². The topological polar surface area (TPSA) is 62.7 Å². The van der Waals surface area contributed by atoms with Crippen LogP contribution in [0.4, 0.5) is 0 Å². The first-order valence-corrected chi connectivity index (χ1v) is 14.3. The molecule has 0 fully saturated rings. The molecule has 0 amide bonds. The van der Waals surface area contributed by atoms with Gasteiger partial charge in [0.05, 0.1) is 27.0 Å². The van der Waals surface area contributed by atoms with Crippen LogP contribution in [0.3, 0.4) is 0 Å². The molecule has 3 aromatic carbocycles. The summed E-state index contributed by atoms with van der Waals surface area (Å²) in [4.78, 5) is 9.39. The highest BCUT2D eigenvalue weighted by Gasteiger charge is 2.48. The summed E-state index contributed by atoms with van der Waals surface area (Å²) in [5, 5.41) is 0. The van der Waals surface area contributed by atoms with Crippen LogP contribution in [-0.4, -0.2) is 38.4 Å². The lowest BCUT2D eigenvalue weighted by atomic mass is 9.65. The van der Waals surface area contributed by atoms with Crippen LogP contribution < -0.4 is 14.2 Å². The van der Waals surface area contributed by atoms with Gasteiger partial charge in [0.2, 0.25) is 0 Å². The molecule has 2 heterocycles. The van der Waals surface area contributed by atoms with Gasteiger partial charge in [-0.3, -0.25) is 9.97 Å². The van der Waals surface area contributed by atoms with Crippen LogP contribution >= 0.6 is 0 Å². The standard InChI is InChI=1S/C38H33N2O4/c1-41-30-16-10-26(11-17-30)33-24-34(35-9-5-6-23-40-35)36(27-12-18-31(42-2)19-13-27)38(44-4,29-14-20-32(43-3)21-15-29)37(33)28-8-7-22-39-25-28/h5-25H,1-4H3. The number of ether oxygens (including phenoxy) is 4. The van der Waals surface area contributed by atoms with E-state index in [1.54, 1.807) is 34.6 Å². The Bertz CT molecular complexity index is 1780. The molecule has 1 aliphatic rings. The zero-order valence-electron chi connectivity index (χ0n) is 25.2. The molecule has 1 atom stereocenters. The van der Waals surface area contributed by atoms with Gasteiger partial charge in [-0.05, 0) is 88.0 Å². The number of pyridine rings is 2. The van der Waals surface area contributed by atoms with E-state index in [1.807, 2.05) is 73.1 Å². The predicted octanol–water partition coefficient (Wildman–Crippen LogP) is 7.78. The van der Waals surface area contributed by atoms with Crippen molar-refractivity contribution in [1.82, 2.24) is 9.97 Å². The highest BCUT2D eigenvalue weighted by molar-refractivity contribution is 6.18. The van der Waals surface area contributed by atoms with Gasteiger partial charge in [0.1, 0.15) is 22.8 Å². The molecule has 6 heteroatoms. The number of nitrogens with zero attached hydrogens (tertiary/aromatic N) is 2. The molecule has 6 rings (SSSR count). The maximum Gasteiger partial charge on any atom is 0.145 e. The Morgan fingerprint density at radius 3 is 1.64 bits per heavy atom. The zero-order chi connectivity index (χ0) is 30.5. The number of methoxy groups -OCH3 is 4. The van der Waals surface area contributed by atoms with Crippen LogP contribution in [0.15, 0.2) is 122 Å². The summed E-state index contributed by atoms with van der Waals surface area (Å²) in [6.45, 7) is 0. The highest BCUT2D eigenvalue weighted by atomic mass is 16.5. The van der Waals surface area contributed by atoms with E-state index in [4.69, 9.17) is 23.9 Å². The first kappa shape index (κ1) is 28.9. The van der Waals surface area contributed by atoms with Crippen LogP contribution in [0, 0.1) is 6.42 Å². The molecular formula is C38H33N2O4. The summed E-state index contributed by atoms with van der Waals surface area (Å²) in [6, 6.07) is 34.2. The third-order valence-electron chi connectivity index (χ3n) is 8.00. The van der Waals surface area contributed by atoms with Crippen molar-refractivity contribution in [3.8, 4) is 17.2 Å². The van der Waals surface area contributed by atoms with Crippen LogP contribution in [0.2, 0.25) is 0 Å². The molecule has 6 nitrogen and oxygen atoms in total. The van der Waals surface area contributed by atoms with E-state index in [1.165, 1.54) is 0 Å². The Morgan fingerprint density at radius 2 is 1.11 bits per heavy atom. The smallest absolute Gasteiger partial charge is 0.145 e. The summed E-state index contributed by atoms with van der Waals surface area (Å²) in [5.41, 5.74) is 7.37. The summed E-state index contributed by atoms with van der Waals surface area (Å²) >= 11 is 0. The molecule has 1 aliphatic carbocycles. The molecule has 1 unspecified atom stereocenters. The number of hydrogen-bond acceptors (Lipinski definition) is 6. The van der Waals surface area contributed by atoms with E-state index in [-0.39, 0.29) is 0 Å². The minimum atomic E-state index is -1.10. The molecule has 0 bridgehead atoms.